The van der Waals surface area contributed by atoms with Crippen LogP contribution in [0.25, 0.3) is 0 Å². The smallest absolute Gasteiger partial charge is 0.465 e. The third-order valence-electron chi connectivity index (χ3n) is 2.58. The molecule has 0 unspecified atom stereocenters. The van der Waals surface area contributed by atoms with Gasteiger partial charge in [-0.15, -0.1) is 0 Å². The van der Waals surface area contributed by atoms with E-state index < -0.39 is 17.9 Å². The molecule has 0 heterocycles. The van der Waals surface area contributed by atoms with Crippen molar-refractivity contribution in [3.05, 3.63) is 0 Å². The summed E-state index contributed by atoms with van der Waals surface area (Å²) in [5.41, 5.74) is 0. The van der Waals surface area contributed by atoms with Gasteiger partial charge in [0.15, 0.2) is 0 Å². The molecule has 174 valence electrons. The molecule has 10 heteroatoms. The van der Waals surface area contributed by atoms with Gasteiger partial charge >= 0.3 is 35.3 Å². The predicted octanol–water partition coefficient (Wildman–Crippen LogP) is 2.38. The Morgan fingerprint density at radius 3 is 0.806 bits per heavy atom. The van der Waals surface area contributed by atoms with Crippen molar-refractivity contribution >= 4 is 52.6 Å². The van der Waals surface area contributed by atoms with Gasteiger partial charge in [0.25, 0.3) is 0 Å². The maximum atomic E-state index is 10.6. The molecule has 0 aliphatic rings. The number of esters is 3. The van der Waals surface area contributed by atoms with E-state index in [2.05, 4.69) is 14.2 Å². The van der Waals surface area contributed by atoms with E-state index in [0.29, 0.717) is 19.8 Å². The number of Topliss-reactive ketones (excluding diaryl/α,β-unsaturated/α-hetero) is 3. The third kappa shape index (κ3) is 39.1. The number of hydrogen-bond donors (Lipinski definition) is 0. The second-order valence-corrected chi connectivity index (χ2v) is 6.30. The van der Waals surface area contributed by atoms with Gasteiger partial charge in [-0.2, -0.15) is 0 Å². The molecule has 0 radical (unpaired) electrons. The molecule has 0 N–H and O–H groups in total. The third-order valence-corrected chi connectivity index (χ3v) is 2.58. The summed E-state index contributed by atoms with van der Waals surface area (Å²) in [7, 11) is 0. The van der Waals surface area contributed by atoms with Crippen LogP contribution in [0.15, 0.2) is 0 Å². The molecule has 31 heavy (non-hydrogen) atoms. The zero-order chi connectivity index (χ0) is 23.9. The van der Waals surface area contributed by atoms with Crippen LogP contribution in [0.1, 0.15) is 80.1 Å². The Labute approximate surface area is 195 Å². The van der Waals surface area contributed by atoms with E-state index in [1.165, 1.54) is 20.8 Å². The average molecular weight is 459 g/mol. The summed E-state index contributed by atoms with van der Waals surface area (Å²) >= 11 is 0. The summed E-state index contributed by atoms with van der Waals surface area (Å²) in [4.78, 5) is 62.7. The molecule has 9 nitrogen and oxygen atoms in total. The molecular weight excluding hydrogens is 423 g/mol. The topological polar surface area (TPSA) is 130 Å². The standard InChI is InChI=1S/3C7H12O3.Al/c3*1-3-4-10-7(9)5-6(2)8;/h3*3-5H2,1-2H3;/q;;;+3. The van der Waals surface area contributed by atoms with Crippen molar-refractivity contribution in [3.63, 3.8) is 0 Å². The second-order valence-electron chi connectivity index (χ2n) is 6.30. The number of ketones is 3. The van der Waals surface area contributed by atoms with Crippen LogP contribution in [0.2, 0.25) is 0 Å². The molecule has 0 fully saturated rings. The van der Waals surface area contributed by atoms with Gasteiger partial charge in [0.2, 0.25) is 0 Å². The first-order chi connectivity index (χ1) is 14.0. The summed E-state index contributed by atoms with van der Waals surface area (Å²) in [6, 6.07) is 0. The predicted molar refractivity (Wildman–Crippen MR) is 115 cm³/mol. The summed E-state index contributed by atoms with van der Waals surface area (Å²) in [5.74, 6) is -1.72. The van der Waals surface area contributed by atoms with Gasteiger partial charge in [-0.25, -0.2) is 0 Å². The molecule has 0 bridgehead atoms. The largest absolute Gasteiger partial charge is 3.00 e. The molecule has 0 aromatic carbocycles. The number of carbonyl (C=O) groups excluding carboxylic acids is 6. The Balaban J connectivity index is -0.000000174. The van der Waals surface area contributed by atoms with Crippen molar-refractivity contribution in [1.29, 1.82) is 0 Å². The van der Waals surface area contributed by atoms with Crippen molar-refractivity contribution in [2.45, 2.75) is 80.1 Å². The summed E-state index contributed by atoms with van der Waals surface area (Å²) in [6.45, 7) is 11.0. The maximum absolute atomic E-state index is 10.6. The van der Waals surface area contributed by atoms with Crippen molar-refractivity contribution in [1.82, 2.24) is 0 Å². The van der Waals surface area contributed by atoms with E-state index in [-0.39, 0.29) is 54.0 Å². The van der Waals surface area contributed by atoms with Crippen molar-refractivity contribution in [2.24, 2.45) is 0 Å². The van der Waals surface area contributed by atoms with Gasteiger partial charge in [-0.1, -0.05) is 20.8 Å². The minimum Gasteiger partial charge on any atom is -0.465 e. The second kappa shape index (κ2) is 26.0. The fraction of sp³-hybridized carbons (Fsp3) is 0.714. The molecule has 0 atom stereocenters. The van der Waals surface area contributed by atoms with Gasteiger partial charge in [-0.05, 0) is 40.0 Å². The number of hydrogen-bond acceptors (Lipinski definition) is 9. The van der Waals surface area contributed by atoms with Gasteiger partial charge in [-0.3, -0.25) is 28.8 Å². The van der Waals surface area contributed by atoms with Crippen LogP contribution in [0.5, 0.6) is 0 Å². The zero-order valence-corrected chi connectivity index (χ0v) is 20.8. The first-order valence-corrected chi connectivity index (χ1v) is 9.95. The van der Waals surface area contributed by atoms with Crippen LogP contribution in [-0.4, -0.2) is 72.4 Å². The minimum absolute atomic E-state index is 0. The Morgan fingerprint density at radius 1 is 0.484 bits per heavy atom. The molecule has 0 spiro atoms. The summed E-state index contributed by atoms with van der Waals surface area (Å²) in [5, 5.41) is 0. The van der Waals surface area contributed by atoms with Crippen molar-refractivity contribution < 1.29 is 43.0 Å². The Bertz CT molecular complexity index is 469. The van der Waals surface area contributed by atoms with E-state index in [1.807, 2.05) is 20.8 Å². The normalized spacial score (nSPS) is 8.71. The fourth-order valence-corrected chi connectivity index (χ4v) is 1.41. The van der Waals surface area contributed by atoms with E-state index >= 15 is 0 Å². The van der Waals surface area contributed by atoms with Crippen LogP contribution >= 0.6 is 0 Å². The zero-order valence-electron chi connectivity index (χ0n) is 19.6. The van der Waals surface area contributed by atoms with E-state index in [0.717, 1.165) is 19.3 Å². The SMILES string of the molecule is CCCOC(=O)CC(C)=O.CCCOC(=O)CC(C)=O.CCCOC(=O)CC(C)=O.[Al+3]. The molecule has 0 aliphatic heterocycles. The molecule has 0 aromatic heterocycles. The summed E-state index contributed by atoms with van der Waals surface area (Å²) < 4.78 is 13.9. The Morgan fingerprint density at radius 2 is 0.677 bits per heavy atom. The van der Waals surface area contributed by atoms with Gasteiger partial charge in [0, 0.05) is 0 Å². The Hall–Kier alpha value is -2.05. The molecule has 0 aromatic rings. The van der Waals surface area contributed by atoms with Crippen LogP contribution in [0.3, 0.4) is 0 Å². The molecule has 0 amide bonds. The molecule has 0 saturated carbocycles. The average Bonchev–Trinajstić information content (AvgIpc) is 2.62. The number of ether oxygens (including phenoxy) is 3. The molecular formula is C21H36AlO9+3. The van der Waals surface area contributed by atoms with Crippen molar-refractivity contribution in [3.8, 4) is 0 Å². The first kappa shape index (κ1) is 36.3. The van der Waals surface area contributed by atoms with Crippen LogP contribution in [0.4, 0.5) is 0 Å². The van der Waals surface area contributed by atoms with E-state index in [9.17, 15) is 28.8 Å². The van der Waals surface area contributed by atoms with E-state index in [4.69, 9.17) is 0 Å². The molecule has 0 rings (SSSR count). The maximum Gasteiger partial charge on any atom is 3.00 e. The Kier molecular flexibility index (Phi) is 30.5. The molecule has 0 aliphatic carbocycles. The monoisotopic (exact) mass is 459 g/mol. The first-order valence-electron chi connectivity index (χ1n) is 9.95. The van der Waals surface area contributed by atoms with Gasteiger partial charge in [0.05, 0.1) is 19.8 Å². The number of carbonyl (C=O) groups is 6. The number of rotatable bonds is 12. The van der Waals surface area contributed by atoms with Crippen LogP contribution in [-0.2, 0) is 43.0 Å². The fourth-order valence-electron chi connectivity index (χ4n) is 1.41. The van der Waals surface area contributed by atoms with Crippen molar-refractivity contribution in [2.75, 3.05) is 19.8 Å². The quantitative estimate of drug-likeness (QED) is 0.187. The summed E-state index contributed by atoms with van der Waals surface area (Å²) in [6.07, 6.45) is 2.09. The van der Waals surface area contributed by atoms with Crippen LogP contribution in [0, 0.1) is 0 Å². The van der Waals surface area contributed by atoms with E-state index in [1.54, 1.807) is 0 Å². The minimum atomic E-state index is -0.422. The van der Waals surface area contributed by atoms with Gasteiger partial charge in [0.1, 0.15) is 36.6 Å². The molecule has 0 saturated heterocycles. The van der Waals surface area contributed by atoms with Crippen LogP contribution < -0.4 is 0 Å². The van der Waals surface area contributed by atoms with Gasteiger partial charge < -0.3 is 14.2 Å².